The second-order valence-electron chi connectivity index (χ2n) is 5.28. The van der Waals surface area contributed by atoms with Crippen LogP contribution in [0, 0.1) is 0 Å². The van der Waals surface area contributed by atoms with Gasteiger partial charge in [0.15, 0.2) is 5.58 Å². The Balaban J connectivity index is 1.64. The van der Waals surface area contributed by atoms with Gasteiger partial charge in [-0.05, 0) is 29.8 Å². The van der Waals surface area contributed by atoms with E-state index in [0.29, 0.717) is 16.8 Å². The van der Waals surface area contributed by atoms with Crippen LogP contribution < -0.4 is 5.32 Å². The average molecular weight is 334 g/mol. The smallest absolute Gasteiger partial charge is 0.356 e. The number of fused-ring (bicyclic) bond motifs is 1. The van der Waals surface area contributed by atoms with Gasteiger partial charge in [-0.25, -0.2) is 0 Å². The molecule has 2 aromatic carbocycles. The Kier molecular flexibility index (Phi) is 4.24. The number of para-hydroxylation sites is 1. The Morgan fingerprint density at radius 2 is 1.92 bits per heavy atom. The first kappa shape index (κ1) is 16.0. The minimum atomic E-state index is -4.40. The van der Waals surface area contributed by atoms with Gasteiger partial charge in [-0.2, -0.15) is 13.2 Å². The molecule has 4 nitrogen and oxygen atoms in total. The standard InChI is InChI=1S/C17H13F3N2O2/c18-17(19,20)12-5-3-4-11(8-12)10-21-16(23)9-14-13-6-1-2-7-15(13)24-22-14/h1-8H,9-10H2,(H,21,23). The van der Waals surface area contributed by atoms with Crippen molar-refractivity contribution in [2.24, 2.45) is 0 Å². The third-order valence-electron chi connectivity index (χ3n) is 3.52. The highest BCUT2D eigenvalue weighted by Crippen LogP contribution is 2.29. The van der Waals surface area contributed by atoms with Crippen molar-refractivity contribution in [3.63, 3.8) is 0 Å². The quantitative estimate of drug-likeness (QED) is 0.791. The minimum absolute atomic E-state index is 0.00399. The van der Waals surface area contributed by atoms with Crippen LogP contribution in [0.4, 0.5) is 13.2 Å². The lowest BCUT2D eigenvalue weighted by atomic mass is 10.1. The van der Waals surface area contributed by atoms with Crippen LogP contribution in [0.2, 0.25) is 0 Å². The van der Waals surface area contributed by atoms with Crippen LogP contribution in [0.3, 0.4) is 0 Å². The largest absolute Gasteiger partial charge is 0.416 e. The molecule has 0 saturated heterocycles. The topological polar surface area (TPSA) is 55.1 Å². The second kappa shape index (κ2) is 6.35. The third kappa shape index (κ3) is 3.56. The summed E-state index contributed by atoms with van der Waals surface area (Å²) in [5.74, 6) is -0.341. The summed E-state index contributed by atoms with van der Waals surface area (Å²) < 4.78 is 43.1. The zero-order valence-corrected chi connectivity index (χ0v) is 12.4. The van der Waals surface area contributed by atoms with Gasteiger partial charge >= 0.3 is 6.18 Å². The molecule has 1 aromatic heterocycles. The van der Waals surface area contributed by atoms with Crippen LogP contribution in [0.25, 0.3) is 11.0 Å². The Hall–Kier alpha value is -2.83. The lowest BCUT2D eigenvalue weighted by molar-refractivity contribution is -0.137. The molecule has 0 spiro atoms. The molecule has 124 valence electrons. The predicted molar refractivity (Wildman–Crippen MR) is 81.0 cm³/mol. The van der Waals surface area contributed by atoms with Gasteiger partial charge in [0.1, 0.15) is 5.69 Å². The molecule has 0 aliphatic carbocycles. The highest BCUT2D eigenvalue weighted by atomic mass is 19.4. The minimum Gasteiger partial charge on any atom is -0.356 e. The summed E-state index contributed by atoms with van der Waals surface area (Å²) in [6, 6.07) is 12.0. The fourth-order valence-corrected chi connectivity index (χ4v) is 2.34. The van der Waals surface area contributed by atoms with Crippen LogP contribution in [0.5, 0.6) is 0 Å². The van der Waals surface area contributed by atoms with Gasteiger partial charge in [-0.1, -0.05) is 29.4 Å². The number of carbonyl (C=O) groups excluding carboxylic acids is 1. The molecule has 0 aliphatic rings. The normalized spacial score (nSPS) is 11.6. The number of halogens is 3. The van der Waals surface area contributed by atoms with Crippen LogP contribution in [0.15, 0.2) is 53.1 Å². The lowest BCUT2D eigenvalue weighted by Gasteiger charge is -2.09. The molecule has 3 aromatic rings. The van der Waals surface area contributed by atoms with Crippen molar-refractivity contribution in [2.45, 2.75) is 19.1 Å². The van der Waals surface area contributed by atoms with Gasteiger partial charge in [-0.3, -0.25) is 4.79 Å². The van der Waals surface area contributed by atoms with Crippen molar-refractivity contribution in [1.29, 1.82) is 0 Å². The molecule has 1 amide bonds. The van der Waals surface area contributed by atoms with Crippen molar-refractivity contribution in [2.75, 3.05) is 0 Å². The molecule has 0 atom stereocenters. The Labute approximate surface area is 135 Å². The number of alkyl halides is 3. The van der Waals surface area contributed by atoms with Gasteiger partial charge < -0.3 is 9.84 Å². The first-order chi connectivity index (χ1) is 11.4. The third-order valence-corrected chi connectivity index (χ3v) is 3.52. The van der Waals surface area contributed by atoms with Gasteiger partial charge in [-0.15, -0.1) is 0 Å². The van der Waals surface area contributed by atoms with E-state index >= 15 is 0 Å². The number of carbonyl (C=O) groups is 1. The predicted octanol–water partition coefficient (Wildman–Crippen LogP) is 3.71. The number of hydrogen-bond donors (Lipinski definition) is 1. The first-order valence-electron chi connectivity index (χ1n) is 7.19. The molecule has 0 aliphatic heterocycles. The zero-order valence-electron chi connectivity index (χ0n) is 12.4. The van der Waals surface area contributed by atoms with E-state index in [2.05, 4.69) is 10.5 Å². The van der Waals surface area contributed by atoms with E-state index in [9.17, 15) is 18.0 Å². The number of amides is 1. The molecule has 1 heterocycles. The van der Waals surface area contributed by atoms with Gasteiger partial charge in [0.2, 0.25) is 5.91 Å². The van der Waals surface area contributed by atoms with E-state index in [1.54, 1.807) is 18.2 Å². The van der Waals surface area contributed by atoms with E-state index in [1.807, 2.05) is 6.07 Å². The number of aromatic nitrogens is 1. The van der Waals surface area contributed by atoms with E-state index in [-0.39, 0.29) is 18.9 Å². The molecule has 1 N–H and O–H groups in total. The molecular formula is C17H13F3N2O2. The number of nitrogens with zero attached hydrogens (tertiary/aromatic N) is 1. The summed E-state index contributed by atoms with van der Waals surface area (Å²) in [6.45, 7) is 0.0124. The van der Waals surface area contributed by atoms with Crippen molar-refractivity contribution < 1.29 is 22.5 Å². The van der Waals surface area contributed by atoms with Crippen molar-refractivity contribution in [3.05, 3.63) is 65.4 Å². The Bertz CT molecular complexity index is 871. The number of hydrogen-bond acceptors (Lipinski definition) is 3. The van der Waals surface area contributed by atoms with E-state index in [4.69, 9.17) is 4.52 Å². The average Bonchev–Trinajstić information content (AvgIpc) is 2.96. The number of nitrogens with one attached hydrogen (secondary N) is 1. The van der Waals surface area contributed by atoms with Crippen LogP contribution >= 0.6 is 0 Å². The molecular weight excluding hydrogens is 321 g/mol. The highest BCUT2D eigenvalue weighted by molar-refractivity contribution is 5.86. The van der Waals surface area contributed by atoms with Gasteiger partial charge in [0, 0.05) is 11.9 Å². The second-order valence-corrected chi connectivity index (χ2v) is 5.28. The SMILES string of the molecule is O=C(Cc1noc2ccccc12)NCc1cccc(C(F)(F)F)c1. The van der Waals surface area contributed by atoms with E-state index in [0.717, 1.165) is 17.5 Å². The summed E-state index contributed by atoms with van der Waals surface area (Å²) in [7, 11) is 0. The summed E-state index contributed by atoms with van der Waals surface area (Å²) in [5, 5.41) is 7.19. The maximum atomic E-state index is 12.7. The van der Waals surface area contributed by atoms with Crippen molar-refractivity contribution in [1.82, 2.24) is 10.5 Å². The van der Waals surface area contributed by atoms with Crippen molar-refractivity contribution in [3.8, 4) is 0 Å². The highest BCUT2D eigenvalue weighted by Gasteiger charge is 2.30. The molecule has 0 unspecified atom stereocenters. The van der Waals surface area contributed by atoms with Crippen LogP contribution in [-0.2, 0) is 23.9 Å². The Morgan fingerprint density at radius 1 is 1.12 bits per heavy atom. The fraction of sp³-hybridized carbons (Fsp3) is 0.176. The molecule has 3 rings (SSSR count). The van der Waals surface area contributed by atoms with Crippen molar-refractivity contribution >= 4 is 16.9 Å². The summed E-state index contributed by atoms with van der Waals surface area (Å²) in [4.78, 5) is 12.0. The molecule has 24 heavy (non-hydrogen) atoms. The summed E-state index contributed by atoms with van der Waals surface area (Å²) >= 11 is 0. The van der Waals surface area contributed by atoms with Crippen LogP contribution in [0.1, 0.15) is 16.8 Å². The molecule has 7 heteroatoms. The first-order valence-corrected chi connectivity index (χ1v) is 7.19. The molecule has 0 saturated carbocycles. The Morgan fingerprint density at radius 3 is 2.71 bits per heavy atom. The van der Waals surface area contributed by atoms with Crippen LogP contribution in [-0.4, -0.2) is 11.1 Å². The number of benzene rings is 2. The van der Waals surface area contributed by atoms with E-state index in [1.165, 1.54) is 12.1 Å². The fourth-order valence-electron chi connectivity index (χ4n) is 2.34. The maximum Gasteiger partial charge on any atom is 0.416 e. The van der Waals surface area contributed by atoms with E-state index < -0.39 is 11.7 Å². The van der Waals surface area contributed by atoms with Gasteiger partial charge in [0.05, 0.1) is 12.0 Å². The molecule has 0 bridgehead atoms. The summed E-state index contributed by atoms with van der Waals surface area (Å²) in [5.41, 5.74) is 0.713. The molecule has 0 fully saturated rings. The number of rotatable bonds is 4. The zero-order chi connectivity index (χ0) is 17.2. The lowest BCUT2D eigenvalue weighted by Crippen LogP contribution is -2.25. The van der Waals surface area contributed by atoms with Gasteiger partial charge in [0.25, 0.3) is 0 Å². The monoisotopic (exact) mass is 334 g/mol. The maximum absolute atomic E-state index is 12.7. The summed E-state index contributed by atoms with van der Waals surface area (Å²) in [6.07, 6.45) is -4.41. The molecule has 0 radical (unpaired) electrons.